The van der Waals surface area contributed by atoms with Crippen molar-refractivity contribution in [2.75, 3.05) is 0 Å². The maximum atomic E-state index is 3.61. The van der Waals surface area contributed by atoms with Crippen LogP contribution in [0.25, 0.3) is 0 Å². The molecule has 1 heterocycles. The fraction of sp³-hybridized carbons (Fsp3) is 0.444. The average Bonchev–Trinajstić information content (AvgIpc) is 2.82. The van der Waals surface area contributed by atoms with Crippen LogP contribution >= 0.6 is 11.3 Å². The summed E-state index contributed by atoms with van der Waals surface area (Å²) < 4.78 is 0. The monoisotopic (exact) mass is 287 g/mol. The molecule has 0 saturated carbocycles. The minimum Gasteiger partial charge on any atom is -0.305 e. The van der Waals surface area contributed by atoms with Crippen LogP contribution in [0.2, 0.25) is 0 Å². The lowest BCUT2D eigenvalue weighted by Gasteiger charge is -2.15. The van der Waals surface area contributed by atoms with Crippen LogP contribution < -0.4 is 5.32 Å². The zero-order valence-electron chi connectivity index (χ0n) is 12.9. The van der Waals surface area contributed by atoms with Crippen molar-refractivity contribution in [3.05, 3.63) is 57.3 Å². The maximum absolute atomic E-state index is 3.61. The van der Waals surface area contributed by atoms with Gasteiger partial charge in [0, 0.05) is 17.5 Å². The van der Waals surface area contributed by atoms with Crippen LogP contribution in [0.3, 0.4) is 0 Å². The van der Waals surface area contributed by atoms with E-state index in [1.165, 1.54) is 21.6 Å². The van der Waals surface area contributed by atoms with Gasteiger partial charge in [-0.15, -0.1) is 11.3 Å². The lowest BCUT2D eigenvalue weighted by molar-refractivity contribution is 0.577. The highest BCUT2D eigenvalue weighted by atomic mass is 32.1. The summed E-state index contributed by atoms with van der Waals surface area (Å²) in [5.74, 6) is 0.721. The van der Waals surface area contributed by atoms with Gasteiger partial charge in [-0.2, -0.15) is 0 Å². The molecule has 1 N–H and O–H groups in total. The molecule has 0 fully saturated rings. The van der Waals surface area contributed by atoms with Crippen molar-refractivity contribution in [3.8, 4) is 0 Å². The third-order valence-electron chi connectivity index (χ3n) is 3.66. The molecule has 1 nitrogen and oxygen atoms in total. The second kappa shape index (κ2) is 7.05. The predicted molar refractivity (Wildman–Crippen MR) is 89.3 cm³/mol. The van der Waals surface area contributed by atoms with Gasteiger partial charge < -0.3 is 5.32 Å². The number of rotatable bonds is 6. The third kappa shape index (κ3) is 4.19. The van der Waals surface area contributed by atoms with Gasteiger partial charge in [0.25, 0.3) is 0 Å². The van der Waals surface area contributed by atoms with E-state index in [0.29, 0.717) is 6.04 Å². The third-order valence-corrected chi connectivity index (χ3v) is 4.68. The van der Waals surface area contributed by atoms with Gasteiger partial charge in [0.15, 0.2) is 0 Å². The standard InChI is InChI=1S/C18H25NS/c1-13(2)11-16-5-7-17(8-6-16)15(4)19-12-18-14(3)9-10-20-18/h5-10,13,15,19H,11-12H2,1-4H3. The van der Waals surface area contributed by atoms with E-state index < -0.39 is 0 Å². The molecular weight excluding hydrogens is 262 g/mol. The van der Waals surface area contributed by atoms with Crippen LogP contribution in [-0.4, -0.2) is 0 Å². The first kappa shape index (κ1) is 15.3. The molecule has 2 heteroatoms. The molecule has 0 amide bonds. The summed E-state index contributed by atoms with van der Waals surface area (Å²) in [6.07, 6.45) is 1.16. The Hall–Kier alpha value is -1.12. The second-order valence-corrected chi connectivity index (χ2v) is 6.97. The first-order chi connectivity index (χ1) is 9.56. The largest absolute Gasteiger partial charge is 0.305 e. The smallest absolute Gasteiger partial charge is 0.0308 e. The molecule has 108 valence electrons. The van der Waals surface area contributed by atoms with Crippen LogP contribution in [0.1, 0.15) is 48.4 Å². The summed E-state index contributed by atoms with van der Waals surface area (Å²) >= 11 is 1.83. The van der Waals surface area contributed by atoms with Gasteiger partial charge in [0.1, 0.15) is 0 Å². The highest BCUT2D eigenvalue weighted by Gasteiger charge is 2.07. The lowest BCUT2D eigenvalue weighted by atomic mass is 10.00. The Kier molecular flexibility index (Phi) is 5.38. The maximum Gasteiger partial charge on any atom is 0.0308 e. The molecule has 1 aromatic heterocycles. The quantitative estimate of drug-likeness (QED) is 0.779. The van der Waals surface area contributed by atoms with Crippen molar-refractivity contribution >= 4 is 11.3 Å². The molecule has 0 aliphatic rings. The molecule has 1 unspecified atom stereocenters. The van der Waals surface area contributed by atoms with Crippen LogP contribution in [-0.2, 0) is 13.0 Å². The summed E-state index contributed by atoms with van der Waals surface area (Å²) in [6, 6.07) is 11.6. The van der Waals surface area contributed by atoms with Gasteiger partial charge in [0.05, 0.1) is 0 Å². The Labute approximate surface area is 127 Å². The van der Waals surface area contributed by atoms with E-state index in [9.17, 15) is 0 Å². The topological polar surface area (TPSA) is 12.0 Å². The molecule has 0 aliphatic carbocycles. The average molecular weight is 287 g/mol. The van der Waals surface area contributed by atoms with E-state index >= 15 is 0 Å². The van der Waals surface area contributed by atoms with Crippen molar-refractivity contribution in [2.45, 2.75) is 46.7 Å². The van der Waals surface area contributed by atoms with Crippen molar-refractivity contribution in [1.82, 2.24) is 5.32 Å². The molecule has 2 rings (SSSR count). The molecule has 0 aliphatic heterocycles. The fourth-order valence-electron chi connectivity index (χ4n) is 2.36. The van der Waals surface area contributed by atoms with Gasteiger partial charge in [-0.3, -0.25) is 0 Å². The van der Waals surface area contributed by atoms with Gasteiger partial charge in [-0.25, -0.2) is 0 Å². The normalized spacial score (nSPS) is 12.8. The van der Waals surface area contributed by atoms with Crippen molar-refractivity contribution < 1.29 is 0 Å². The van der Waals surface area contributed by atoms with Crippen LogP contribution in [0, 0.1) is 12.8 Å². The minimum absolute atomic E-state index is 0.393. The molecule has 1 atom stereocenters. The van der Waals surface area contributed by atoms with E-state index in [2.05, 4.69) is 68.7 Å². The number of thiophene rings is 1. The second-order valence-electron chi connectivity index (χ2n) is 5.97. The van der Waals surface area contributed by atoms with E-state index in [0.717, 1.165) is 18.9 Å². The Morgan fingerprint density at radius 3 is 2.30 bits per heavy atom. The number of hydrogen-bond acceptors (Lipinski definition) is 2. The van der Waals surface area contributed by atoms with Crippen molar-refractivity contribution in [1.29, 1.82) is 0 Å². The summed E-state index contributed by atoms with van der Waals surface area (Å²) in [4.78, 5) is 1.44. The molecule has 1 aromatic carbocycles. The van der Waals surface area contributed by atoms with Gasteiger partial charge >= 0.3 is 0 Å². The lowest BCUT2D eigenvalue weighted by Crippen LogP contribution is -2.17. The van der Waals surface area contributed by atoms with Crippen LogP contribution in [0.4, 0.5) is 0 Å². The van der Waals surface area contributed by atoms with E-state index in [-0.39, 0.29) is 0 Å². The SMILES string of the molecule is Cc1ccsc1CNC(C)c1ccc(CC(C)C)cc1. The minimum atomic E-state index is 0.393. The van der Waals surface area contributed by atoms with E-state index in [1.807, 2.05) is 11.3 Å². The Bertz CT molecular complexity index is 525. The first-order valence-corrected chi connectivity index (χ1v) is 8.29. The summed E-state index contributed by atoms with van der Waals surface area (Å²) in [5, 5.41) is 5.78. The number of benzene rings is 1. The number of aryl methyl sites for hydroxylation is 1. The highest BCUT2D eigenvalue weighted by Crippen LogP contribution is 2.19. The Balaban J connectivity index is 1.92. The molecule has 20 heavy (non-hydrogen) atoms. The molecular formula is C18H25NS. The Morgan fingerprint density at radius 1 is 1.05 bits per heavy atom. The van der Waals surface area contributed by atoms with E-state index in [1.54, 1.807) is 0 Å². The molecule has 0 spiro atoms. The number of hydrogen-bond donors (Lipinski definition) is 1. The van der Waals surface area contributed by atoms with Gasteiger partial charge in [-0.05, 0) is 54.3 Å². The van der Waals surface area contributed by atoms with Crippen molar-refractivity contribution in [3.63, 3.8) is 0 Å². The number of nitrogens with one attached hydrogen (secondary N) is 1. The molecule has 2 aromatic rings. The zero-order chi connectivity index (χ0) is 14.5. The summed E-state index contributed by atoms with van der Waals surface area (Å²) in [7, 11) is 0. The first-order valence-electron chi connectivity index (χ1n) is 7.41. The van der Waals surface area contributed by atoms with Crippen LogP contribution in [0.5, 0.6) is 0 Å². The predicted octanol–water partition coefficient (Wildman–Crippen LogP) is 5.11. The molecule has 0 saturated heterocycles. The summed E-state index contributed by atoms with van der Waals surface area (Å²) in [5.41, 5.74) is 4.19. The molecule has 0 bridgehead atoms. The van der Waals surface area contributed by atoms with Gasteiger partial charge in [-0.1, -0.05) is 38.1 Å². The van der Waals surface area contributed by atoms with Crippen molar-refractivity contribution in [2.24, 2.45) is 5.92 Å². The Morgan fingerprint density at radius 2 is 1.75 bits per heavy atom. The van der Waals surface area contributed by atoms with E-state index in [4.69, 9.17) is 0 Å². The summed E-state index contributed by atoms with van der Waals surface area (Å²) in [6.45, 7) is 9.90. The molecule has 0 radical (unpaired) electrons. The highest BCUT2D eigenvalue weighted by molar-refractivity contribution is 7.10. The van der Waals surface area contributed by atoms with Gasteiger partial charge in [0.2, 0.25) is 0 Å². The van der Waals surface area contributed by atoms with Crippen LogP contribution in [0.15, 0.2) is 35.7 Å². The fourth-order valence-corrected chi connectivity index (χ4v) is 3.22. The zero-order valence-corrected chi connectivity index (χ0v) is 13.8.